The van der Waals surface area contributed by atoms with E-state index in [0.29, 0.717) is 6.61 Å². The molecule has 27 heavy (non-hydrogen) atoms. The predicted molar refractivity (Wildman–Crippen MR) is 105 cm³/mol. The van der Waals surface area contributed by atoms with E-state index in [-0.39, 0.29) is 12.1 Å². The number of nitrogens with zero attached hydrogens (tertiary/aromatic N) is 1. The van der Waals surface area contributed by atoms with Gasteiger partial charge in [0.2, 0.25) is 0 Å². The molecule has 0 radical (unpaired) electrons. The van der Waals surface area contributed by atoms with Gasteiger partial charge in [-0.15, -0.1) is 0 Å². The van der Waals surface area contributed by atoms with E-state index in [9.17, 15) is 4.79 Å². The average Bonchev–Trinajstić information content (AvgIpc) is 3.34. The van der Waals surface area contributed by atoms with E-state index in [0.717, 1.165) is 48.0 Å². The van der Waals surface area contributed by atoms with Gasteiger partial charge in [-0.05, 0) is 48.6 Å². The average molecular weight is 364 g/mol. The van der Waals surface area contributed by atoms with Crippen LogP contribution in [0.4, 0.5) is 4.79 Å². The number of aromatic amines is 1. The number of carbonyl (C=O) groups excluding carboxylic acids is 1. The van der Waals surface area contributed by atoms with Crippen LogP contribution in [0.15, 0.2) is 54.7 Å². The minimum atomic E-state index is -0.223. The number of nitrogens with one attached hydrogen (secondary N) is 1. The standard InChI is InChI=1S/C22H24N2O3/c1-26-19-9-10-21-20(13-19)17(14-23-21)12-18-8-5-11-24(18)22(25)27-15-16-6-3-2-4-7-16/h2-4,6-7,9-10,13-14,18,23H,5,8,11-12,15H2,1H3. The Labute approximate surface area is 158 Å². The zero-order chi connectivity index (χ0) is 18.6. The molecule has 1 N–H and O–H groups in total. The van der Waals surface area contributed by atoms with E-state index in [1.807, 2.05) is 59.6 Å². The number of fused-ring (bicyclic) bond motifs is 1. The summed E-state index contributed by atoms with van der Waals surface area (Å²) < 4.78 is 10.9. The minimum Gasteiger partial charge on any atom is -0.497 e. The Kier molecular flexibility index (Phi) is 5.01. The van der Waals surface area contributed by atoms with Gasteiger partial charge in [0.1, 0.15) is 12.4 Å². The van der Waals surface area contributed by atoms with Gasteiger partial charge in [-0.3, -0.25) is 0 Å². The van der Waals surface area contributed by atoms with Crippen molar-refractivity contribution in [3.63, 3.8) is 0 Å². The lowest BCUT2D eigenvalue weighted by Crippen LogP contribution is -2.37. The highest BCUT2D eigenvalue weighted by Crippen LogP contribution is 2.28. The molecule has 1 aromatic heterocycles. The van der Waals surface area contributed by atoms with Crippen LogP contribution in [0.5, 0.6) is 5.75 Å². The van der Waals surface area contributed by atoms with Crippen LogP contribution in [0, 0.1) is 0 Å². The molecule has 1 fully saturated rings. The molecule has 1 aliphatic rings. The first-order chi connectivity index (χ1) is 13.2. The molecule has 0 saturated carbocycles. The van der Waals surface area contributed by atoms with Crippen LogP contribution < -0.4 is 4.74 Å². The molecule has 0 aliphatic carbocycles. The summed E-state index contributed by atoms with van der Waals surface area (Å²) in [7, 11) is 1.68. The first-order valence-electron chi connectivity index (χ1n) is 9.36. The van der Waals surface area contributed by atoms with Gasteiger partial charge in [0.05, 0.1) is 7.11 Å². The van der Waals surface area contributed by atoms with Crippen LogP contribution >= 0.6 is 0 Å². The quantitative estimate of drug-likeness (QED) is 0.724. The van der Waals surface area contributed by atoms with E-state index in [1.54, 1.807) is 7.11 Å². The Balaban J connectivity index is 1.44. The number of hydrogen-bond acceptors (Lipinski definition) is 3. The fraction of sp³-hybridized carbons (Fsp3) is 0.318. The van der Waals surface area contributed by atoms with Crippen molar-refractivity contribution < 1.29 is 14.3 Å². The zero-order valence-electron chi connectivity index (χ0n) is 15.5. The van der Waals surface area contributed by atoms with Crippen molar-refractivity contribution in [1.29, 1.82) is 0 Å². The Morgan fingerprint density at radius 1 is 1.22 bits per heavy atom. The number of rotatable bonds is 5. The van der Waals surface area contributed by atoms with Gasteiger partial charge in [0, 0.05) is 29.7 Å². The van der Waals surface area contributed by atoms with E-state index < -0.39 is 0 Å². The third-order valence-electron chi connectivity index (χ3n) is 5.25. The molecule has 1 amide bonds. The molecule has 0 spiro atoms. The Bertz CT molecular complexity index is 920. The van der Waals surface area contributed by atoms with Crippen LogP contribution in [-0.2, 0) is 17.8 Å². The van der Waals surface area contributed by atoms with Gasteiger partial charge in [0.15, 0.2) is 0 Å². The summed E-state index contributed by atoms with van der Waals surface area (Å²) in [5.74, 6) is 0.842. The normalized spacial score (nSPS) is 16.6. The first-order valence-corrected chi connectivity index (χ1v) is 9.36. The maximum absolute atomic E-state index is 12.6. The minimum absolute atomic E-state index is 0.165. The molecule has 0 bridgehead atoms. The second kappa shape index (κ2) is 7.74. The van der Waals surface area contributed by atoms with Gasteiger partial charge in [-0.1, -0.05) is 30.3 Å². The van der Waals surface area contributed by atoms with E-state index in [2.05, 4.69) is 4.98 Å². The zero-order valence-corrected chi connectivity index (χ0v) is 15.5. The summed E-state index contributed by atoms with van der Waals surface area (Å²) in [5.41, 5.74) is 3.30. The number of carbonyl (C=O) groups is 1. The largest absolute Gasteiger partial charge is 0.497 e. The topological polar surface area (TPSA) is 54.6 Å². The molecule has 140 valence electrons. The Morgan fingerprint density at radius 2 is 2.07 bits per heavy atom. The maximum atomic E-state index is 12.6. The van der Waals surface area contributed by atoms with Crippen molar-refractivity contribution in [2.24, 2.45) is 0 Å². The maximum Gasteiger partial charge on any atom is 0.410 e. The molecule has 3 aromatic rings. The van der Waals surface area contributed by atoms with Crippen molar-refractivity contribution in [3.8, 4) is 5.75 Å². The molecular weight excluding hydrogens is 340 g/mol. The summed E-state index contributed by atoms with van der Waals surface area (Å²) in [4.78, 5) is 17.8. The number of H-pyrrole nitrogens is 1. The number of ether oxygens (including phenoxy) is 2. The molecule has 1 saturated heterocycles. The third kappa shape index (κ3) is 3.77. The van der Waals surface area contributed by atoms with Gasteiger partial charge >= 0.3 is 6.09 Å². The highest BCUT2D eigenvalue weighted by molar-refractivity contribution is 5.84. The summed E-state index contributed by atoms with van der Waals surface area (Å²) >= 11 is 0. The fourth-order valence-corrected chi connectivity index (χ4v) is 3.80. The number of hydrogen-bond donors (Lipinski definition) is 1. The molecule has 1 atom stereocenters. The monoisotopic (exact) mass is 364 g/mol. The number of aromatic nitrogens is 1. The van der Waals surface area contributed by atoms with Gasteiger partial charge in [-0.2, -0.15) is 0 Å². The lowest BCUT2D eigenvalue weighted by molar-refractivity contribution is 0.0921. The Morgan fingerprint density at radius 3 is 2.89 bits per heavy atom. The number of likely N-dealkylation sites (tertiary alicyclic amines) is 1. The predicted octanol–water partition coefficient (Wildman–Crippen LogP) is 4.52. The third-order valence-corrected chi connectivity index (χ3v) is 5.25. The van der Waals surface area contributed by atoms with Gasteiger partial charge in [0.25, 0.3) is 0 Å². The first kappa shape index (κ1) is 17.5. The molecular formula is C22H24N2O3. The fourth-order valence-electron chi connectivity index (χ4n) is 3.80. The summed E-state index contributed by atoms with van der Waals surface area (Å²) in [6.07, 6.45) is 4.64. The number of benzene rings is 2. The van der Waals surface area contributed by atoms with Crippen LogP contribution in [0.3, 0.4) is 0 Å². The molecule has 5 nitrogen and oxygen atoms in total. The highest BCUT2D eigenvalue weighted by Gasteiger charge is 2.30. The molecule has 2 aromatic carbocycles. The molecule has 1 unspecified atom stereocenters. The molecule has 5 heteroatoms. The van der Waals surface area contributed by atoms with Crippen LogP contribution in [0.1, 0.15) is 24.0 Å². The highest BCUT2D eigenvalue weighted by atomic mass is 16.6. The lowest BCUT2D eigenvalue weighted by atomic mass is 10.0. The lowest BCUT2D eigenvalue weighted by Gasteiger charge is -2.24. The second-order valence-corrected chi connectivity index (χ2v) is 6.96. The summed E-state index contributed by atoms with van der Waals surface area (Å²) in [5, 5.41) is 1.15. The van der Waals surface area contributed by atoms with Gasteiger partial charge < -0.3 is 19.4 Å². The Hall–Kier alpha value is -2.95. The summed E-state index contributed by atoms with van der Waals surface area (Å²) in [6, 6.07) is 16.0. The van der Waals surface area contributed by atoms with Gasteiger partial charge in [-0.25, -0.2) is 4.79 Å². The van der Waals surface area contributed by atoms with E-state index in [1.165, 1.54) is 5.56 Å². The van der Waals surface area contributed by atoms with Crippen molar-refractivity contribution in [3.05, 3.63) is 65.9 Å². The number of methoxy groups -OCH3 is 1. The van der Waals surface area contributed by atoms with Crippen molar-refractivity contribution in [2.75, 3.05) is 13.7 Å². The van der Waals surface area contributed by atoms with Crippen LogP contribution in [0.25, 0.3) is 10.9 Å². The number of amides is 1. The van der Waals surface area contributed by atoms with Crippen molar-refractivity contribution >= 4 is 17.0 Å². The molecule has 4 rings (SSSR count). The van der Waals surface area contributed by atoms with Crippen LogP contribution in [0.2, 0.25) is 0 Å². The van der Waals surface area contributed by atoms with Crippen LogP contribution in [-0.4, -0.2) is 35.7 Å². The summed E-state index contributed by atoms with van der Waals surface area (Å²) in [6.45, 7) is 1.07. The van der Waals surface area contributed by atoms with E-state index in [4.69, 9.17) is 9.47 Å². The van der Waals surface area contributed by atoms with Crippen molar-refractivity contribution in [2.45, 2.75) is 31.9 Å². The SMILES string of the molecule is COc1ccc2[nH]cc(CC3CCCN3C(=O)OCc3ccccc3)c2c1. The van der Waals surface area contributed by atoms with Crippen molar-refractivity contribution in [1.82, 2.24) is 9.88 Å². The smallest absolute Gasteiger partial charge is 0.410 e. The van der Waals surface area contributed by atoms with E-state index >= 15 is 0 Å². The second-order valence-electron chi connectivity index (χ2n) is 6.96. The molecule has 2 heterocycles. The molecule has 1 aliphatic heterocycles.